The van der Waals surface area contributed by atoms with Gasteiger partial charge in [0.05, 0.1) is 11.0 Å². The molecule has 0 spiro atoms. The van der Waals surface area contributed by atoms with Crippen molar-refractivity contribution >= 4 is 10.0 Å². The average Bonchev–Trinajstić information content (AvgIpc) is 2.38. The highest BCUT2D eigenvalue weighted by Crippen LogP contribution is 2.16. The van der Waals surface area contributed by atoms with Crippen molar-refractivity contribution in [2.75, 3.05) is 0 Å². The average molecular weight is 299 g/mol. The minimum atomic E-state index is -3.47. The zero-order valence-electron chi connectivity index (χ0n) is 12.5. The second-order valence-corrected chi connectivity index (χ2v) is 6.98. The van der Waals surface area contributed by atoms with Crippen molar-refractivity contribution in [2.45, 2.75) is 63.5 Å². The molecule has 0 aliphatic carbocycles. The summed E-state index contributed by atoms with van der Waals surface area (Å²) >= 11 is 0. The van der Waals surface area contributed by atoms with E-state index in [9.17, 15) is 13.5 Å². The Morgan fingerprint density at radius 1 is 1.15 bits per heavy atom. The van der Waals surface area contributed by atoms with Crippen molar-refractivity contribution in [1.82, 2.24) is 4.72 Å². The predicted molar refractivity (Wildman–Crippen MR) is 81.0 cm³/mol. The van der Waals surface area contributed by atoms with Gasteiger partial charge in [0.2, 0.25) is 10.0 Å². The van der Waals surface area contributed by atoms with Crippen molar-refractivity contribution in [3.05, 3.63) is 29.8 Å². The summed E-state index contributed by atoms with van der Waals surface area (Å²) in [6.07, 6.45) is 3.53. The molecule has 114 valence electrons. The van der Waals surface area contributed by atoms with Crippen LogP contribution < -0.4 is 4.72 Å². The van der Waals surface area contributed by atoms with Gasteiger partial charge < -0.3 is 5.11 Å². The molecule has 0 bridgehead atoms. The smallest absolute Gasteiger partial charge is 0.240 e. The molecule has 0 aromatic heterocycles. The van der Waals surface area contributed by atoms with Gasteiger partial charge in [-0.05, 0) is 38.0 Å². The highest BCUT2D eigenvalue weighted by Gasteiger charge is 2.17. The van der Waals surface area contributed by atoms with Crippen LogP contribution in [0.2, 0.25) is 0 Å². The number of benzene rings is 1. The predicted octanol–water partition coefficient (Wildman–Crippen LogP) is 2.99. The van der Waals surface area contributed by atoms with E-state index in [1.54, 1.807) is 19.1 Å². The molecule has 0 saturated heterocycles. The van der Waals surface area contributed by atoms with E-state index in [1.165, 1.54) is 12.1 Å². The fourth-order valence-corrected chi connectivity index (χ4v) is 3.30. The maximum atomic E-state index is 12.2. The summed E-state index contributed by atoms with van der Waals surface area (Å²) in [6.45, 7) is 5.66. The van der Waals surface area contributed by atoms with Gasteiger partial charge in [0, 0.05) is 6.04 Å². The second kappa shape index (κ2) is 7.76. The summed E-state index contributed by atoms with van der Waals surface area (Å²) in [7, 11) is -3.47. The highest BCUT2D eigenvalue weighted by molar-refractivity contribution is 7.89. The Morgan fingerprint density at radius 2 is 1.75 bits per heavy atom. The van der Waals surface area contributed by atoms with Crippen LogP contribution >= 0.6 is 0 Å². The van der Waals surface area contributed by atoms with Crippen molar-refractivity contribution in [2.24, 2.45) is 0 Å². The minimum Gasteiger partial charge on any atom is -0.389 e. The lowest BCUT2D eigenvalue weighted by atomic mass is 10.1. The molecule has 0 saturated carbocycles. The molecule has 0 amide bonds. The van der Waals surface area contributed by atoms with Gasteiger partial charge in [-0.25, -0.2) is 13.1 Å². The van der Waals surface area contributed by atoms with E-state index in [-0.39, 0.29) is 10.9 Å². The van der Waals surface area contributed by atoms with Gasteiger partial charge in [-0.1, -0.05) is 38.3 Å². The van der Waals surface area contributed by atoms with E-state index in [2.05, 4.69) is 11.6 Å². The summed E-state index contributed by atoms with van der Waals surface area (Å²) in [5, 5.41) is 9.42. The molecule has 2 unspecified atom stereocenters. The van der Waals surface area contributed by atoms with Crippen LogP contribution in [0.15, 0.2) is 29.2 Å². The molecule has 2 N–H and O–H groups in total. The SMILES string of the molecule is CCCCCC(C)NS(=O)(=O)c1ccc(C(C)O)cc1. The molecular formula is C15H25NO3S. The first kappa shape index (κ1) is 17.1. The van der Waals surface area contributed by atoms with Crippen molar-refractivity contribution in [3.8, 4) is 0 Å². The van der Waals surface area contributed by atoms with Gasteiger partial charge >= 0.3 is 0 Å². The molecule has 2 atom stereocenters. The van der Waals surface area contributed by atoms with Crippen LogP contribution in [0.3, 0.4) is 0 Å². The zero-order chi connectivity index (χ0) is 15.2. The van der Waals surface area contributed by atoms with E-state index >= 15 is 0 Å². The zero-order valence-corrected chi connectivity index (χ0v) is 13.3. The van der Waals surface area contributed by atoms with Gasteiger partial charge in [-0.3, -0.25) is 0 Å². The molecule has 1 aromatic rings. The molecule has 1 aromatic carbocycles. The van der Waals surface area contributed by atoms with E-state index in [0.717, 1.165) is 25.7 Å². The molecule has 20 heavy (non-hydrogen) atoms. The number of aliphatic hydroxyl groups excluding tert-OH is 1. The largest absolute Gasteiger partial charge is 0.389 e. The van der Waals surface area contributed by atoms with Crippen LogP contribution in [-0.2, 0) is 10.0 Å². The fourth-order valence-electron chi connectivity index (χ4n) is 2.02. The molecule has 0 aliphatic rings. The Hall–Kier alpha value is -0.910. The van der Waals surface area contributed by atoms with Gasteiger partial charge in [0.1, 0.15) is 0 Å². The molecule has 0 radical (unpaired) electrons. The molecule has 0 aliphatic heterocycles. The number of rotatable bonds is 8. The normalized spacial score (nSPS) is 15.0. The highest BCUT2D eigenvalue weighted by atomic mass is 32.2. The summed E-state index contributed by atoms with van der Waals surface area (Å²) in [4.78, 5) is 0.240. The molecular weight excluding hydrogens is 274 g/mol. The monoisotopic (exact) mass is 299 g/mol. The lowest BCUT2D eigenvalue weighted by Crippen LogP contribution is -2.32. The summed E-state index contributed by atoms with van der Waals surface area (Å²) in [5.74, 6) is 0. The Balaban J connectivity index is 2.68. The van der Waals surface area contributed by atoms with Gasteiger partial charge in [0.15, 0.2) is 0 Å². The number of aliphatic hydroxyl groups is 1. The summed E-state index contributed by atoms with van der Waals surface area (Å²) < 4.78 is 27.1. The maximum absolute atomic E-state index is 12.2. The summed E-state index contributed by atoms with van der Waals surface area (Å²) in [6, 6.07) is 6.27. The Labute approximate surface area is 122 Å². The molecule has 1 rings (SSSR count). The van der Waals surface area contributed by atoms with E-state index in [1.807, 2.05) is 6.92 Å². The first-order valence-electron chi connectivity index (χ1n) is 7.17. The van der Waals surface area contributed by atoms with Gasteiger partial charge in [-0.15, -0.1) is 0 Å². The van der Waals surface area contributed by atoms with Gasteiger partial charge in [0.25, 0.3) is 0 Å². The van der Waals surface area contributed by atoms with Crippen LogP contribution in [0.5, 0.6) is 0 Å². The Kier molecular flexibility index (Phi) is 6.65. The third-order valence-electron chi connectivity index (χ3n) is 3.27. The van der Waals surface area contributed by atoms with E-state index < -0.39 is 16.1 Å². The van der Waals surface area contributed by atoms with Crippen molar-refractivity contribution < 1.29 is 13.5 Å². The second-order valence-electron chi connectivity index (χ2n) is 5.26. The maximum Gasteiger partial charge on any atom is 0.240 e. The van der Waals surface area contributed by atoms with Crippen molar-refractivity contribution in [3.63, 3.8) is 0 Å². The molecule has 0 heterocycles. The lowest BCUT2D eigenvalue weighted by Gasteiger charge is -2.14. The van der Waals surface area contributed by atoms with Crippen LogP contribution in [0, 0.1) is 0 Å². The third-order valence-corrected chi connectivity index (χ3v) is 4.88. The van der Waals surface area contributed by atoms with E-state index in [0.29, 0.717) is 5.56 Å². The number of sulfonamides is 1. The lowest BCUT2D eigenvalue weighted by molar-refractivity contribution is 0.199. The topological polar surface area (TPSA) is 66.4 Å². The summed E-state index contributed by atoms with van der Waals surface area (Å²) in [5.41, 5.74) is 0.708. The first-order valence-corrected chi connectivity index (χ1v) is 8.65. The molecule has 4 nitrogen and oxygen atoms in total. The molecule has 0 fully saturated rings. The van der Waals surface area contributed by atoms with Crippen LogP contribution in [0.25, 0.3) is 0 Å². The Bertz CT molecular complexity index is 494. The van der Waals surface area contributed by atoms with Crippen LogP contribution in [0.1, 0.15) is 58.1 Å². The number of nitrogens with one attached hydrogen (secondary N) is 1. The quantitative estimate of drug-likeness (QED) is 0.725. The number of hydrogen-bond donors (Lipinski definition) is 2. The number of hydrogen-bond acceptors (Lipinski definition) is 3. The third kappa shape index (κ3) is 5.23. The van der Waals surface area contributed by atoms with Crippen LogP contribution in [-0.4, -0.2) is 19.6 Å². The minimum absolute atomic E-state index is 0.0667. The van der Waals surface area contributed by atoms with E-state index in [4.69, 9.17) is 0 Å². The Morgan fingerprint density at radius 3 is 2.25 bits per heavy atom. The first-order chi connectivity index (χ1) is 9.36. The van der Waals surface area contributed by atoms with Crippen molar-refractivity contribution in [1.29, 1.82) is 0 Å². The standard InChI is InChI=1S/C15H25NO3S/c1-4-5-6-7-12(2)16-20(18,19)15-10-8-14(9-11-15)13(3)17/h8-13,16-17H,4-7H2,1-3H3. The molecule has 5 heteroatoms. The van der Waals surface area contributed by atoms with Crippen LogP contribution in [0.4, 0.5) is 0 Å². The fraction of sp³-hybridized carbons (Fsp3) is 0.600. The number of unbranched alkanes of at least 4 members (excludes halogenated alkanes) is 2. The van der Waals surface area contributed by atoms with Gasteiger partial charge in [-0.2, -0.15) is 0 Å².